The zero-order valence-corrected chi connectivity index (χ0v) is 14.5. The molecule has 1 aromatic rings. The molecule has 0 amide bonds. The average molecular weight is 339 g/mol. The van der Waals surface area contributed by atoms with Crippen LogP contribution in [0.4, 0.5) is 5.69 Å². The number of nitrogens with one attached hydrogen (secondary N) is 1. The van der Waals surface area contributed by atoms with E-state index in [9.17, 15) is 0 Å². The molecule has 2 nitrogen and oxygen atoms in total. The molecule has 0 aromatic heterocycles. The third-order valence-corrected chi connectivity index (χ3v) is 5.30. The number of anilines is 1. The Balaban J connectivity index is 1.97. The summed E-state index contributed by atoms with van der Waals surface area (Å²) >= 11 is 3.61. The normalized spacial score (nSPS) is 21.7. The minimum atomic E-state index is 0.530. The fourth-order valence-electron chi connectivity index (χ4n) is 3.15. The van der Waals surface area contributed by atoms with Crippen LogP contribution in [-0.2, 0) is 0 Å². The van der Waals surface area contributed by atoms with Crippen molar-refractivity contribution in [1.82, 2.24) is 4.90 Å². The molecule has 2 atom stereocenters. The molecular weight excluding hydrogens is 312 g/mol. The van der Waals surface area contributed by atoms with E-state index in [0.717, 1.165) is 5.92 Å². The Kier molecular flexibility index (Phi) is 5.91. The Morgan fingerprint density at radius 1 is 1.45 bits per heavy atom. The van der Waals surface area contributed by atoms with Crippen molar-refractivity contribution >= 4 is 21.6 Å². The number of hydrogen-bond acceptors (Lipinski definition) is 2. The second-order valence-corrected chi connectivity index (χ2v) is 6.90. The summed E-state index contributed by atoms with van der Waals surface area (Å²) in [6.45, 7) is 10.6. The van der Waals surface area contributed by atoms with Crippen molar-refractivity contribution in [2.75, 3.05) is 25.0 Å². The van der Waals surface area contributed by atoms with Gasteiger partial charge in [-0.05, 0) is 69.8 Å². The highest BCUT2D eigenvalue weighted by atomic mass is 79.9. The van der Waals surface area contributed by atoms with E-state index in [4.69, 9.17) is 0 Å². The van der Waals surface area contributed by atoms with Crippen molar-refractivity contribution in [3.63, 3.8) is 0 Å². The number of hydrogen-bond donors (Lipinski definition) is 1. The number of rotatable bonds is 5. The molecule has 1 N–H and O–H groups in total. The maximum absolute atomic E-state index is 3.73. The van der Waals surface area contributed by atoms with Gasteiger partial charge in [-0.2, -0.15) is 0 Å². The molecule has 1 aromatic carbocycles. The molecule has 0 saturated carbocycles. The number of nitrogens with zero attached hydrogens (tertiary/aromatic N) is 1. The minimum absolute atomic E-state index is 0.530. The monoisotopic (exact) mass is 338 g/mol. The summed E-state index contributed by atoms with van der Waals surface area (Å²) in [5, 5.41) is 3.73. The first-order valence-corrected chi connectivity index (χ1v) is 8.65. The summed E-state index contributed by atoms with van der Waals surface area (Å²) in [6, 6.07) is 6.93. The standard InChI is InChI=1S/C17H27BrN2/c1-4-10-20-11-6-7-15(12-20)14(3)19-17-9-5-8-16(18)13(17)2/h5,8-9,14-15,19H,4,6-7,10-12H2,1-3H3. The first-order chi connectivity index (χ1) is 9.61. The molecule has 2 rings (SSSR count). The van der Waals surface area contributed by atoms with Crippen LogP contribution in [0.2, 0.25) is 0 Å². The van der Waals surface area contributed by atoms with Crippen LogP contribution >= 0.6 is 15.9 Å². The molecule has 1 aliphatic heterocycles. The quantitative estimate of drug-likeness (QED) is 0.838. The zero-order valence-electron chi connectivity index (χ0n) is 13.0. The van der Waals surface area contributed by atoms with Crippen LogP contribution in [0.25, 0.3) is 0 Å². The molecule has 3 heteroatoms. The predicted molar refractivity (Wildman–Crippen MR) is 91.4 cm³/mol. The van der Waals surface area contributed by atoms with Gasteiger partial charge in [-0.15, -0.1) is 0 Å². The maximum Gasteiger partial charge on any atom is 0.0383 e. The third kappa shape index (κ3) is 3.98. The van der Waals surface area contributed by atoms with Crippen LogP contribution in [0.15, 0.2) is 22.7 Å². The van der Waals surface area contributed by atoms with E-state index >= 15 is 0 Å². The van der Waals surface area contributed by atoms with Gasteiger partial charge >= 0.3 is 0 Å². The Morgan fingerprint density at radius 3 is 3.00 bits per heavy atom. The lowest BCUT2D eigenvalue weighted by Crippen LogP contribution is -2.42. The van der Waals surface area contributed by atoms with Gasteiger partial charge in [0.1, 0.15) is 0 Å². The largest absolute Gasteiger partial charge is 0.382 e. The molecule has 0 radical (unpaired) electrons. The van der Waals surface area contributed by atoms with Crippen LogP contribution in [-0.4, -0.2) is 30.6 Å². The Bertz CT molecular complexity index is 431. The zero-order chi connectivity index (χ0) is 14.5. The molecule has 1 heterocycles. The van der Waals surface area contributed by atoms with E-state index in [1.165, 1.54) is 54.6 Å². The van der Waals surface area contributed by atoms with E-state index in [2.05, 4.69) is 65.1 Å². The molecule has 1 saturated heterocycles. The molecule has 1 fully saturated rings. The molecule has 0 spiro atoms. The lowest BCUT2D eigenvalue weighted by atomic mass is 9.91. The van der Waals surface area contributed by atoms with Gasteiger partial charge in [0.05, 0.1) is 0 Å². The Labute approximate surface area is 132 Å². The van der Waals surface area contributed by atoms with Crippen molar-refractivity contribution in [3.05, 3.63) is 28.2 Å². The number of likely N-dealkylation sites (tertiary alicyclic amines) is 1. The fourth-order valence-corrected chi connectivity index (χ4v) is 3.51. The van der Waals surface area contributed by atoms with Crippen molar-refractivity contribution in [1.29, 1.82) is 0 Å². The molecule has 2 unspecified atom stereocenters. The van der Waals surface area contributed by atoms with Gasteiger partial charge in [0.2, 0.25) is 0 Å². The van der Waals surface area contributed by atoms with Crippen LogP contribution < -0.4 is 5.32 Å². The first kappa shape index (κ1) is 15.8. The Morgan fingerprint density at radius 2 is 2.25 bits per heavy atom. The SMILES string of the molecule is CCCN1CCCC(C(C)Nc2cccc(Br)c2C)C1. The van der Waals surface area contributed by atoms with Gasteiger partial charge in [0.25, 0.3) is 0 Å². The van der Waals surface area contributed by atoms with E-state index in [1.807, 2.05) is 0 Å². The van der Waals surface area contributed by atoms with Crippen LogP contribution in [0, 0.1) is 12.8 Å². The average Bonchev–Trinajstić information content (AvgIpc) is 2.44. The van der Waals surface area contributed by atoms with Gasteiger partial charge in [0, 0.05) is 22.7 Å². The molecule has 0 bridgehead atoms. The predicted octanol–water partition coefficient (Wildman–Crippen LogP) is 4.68. The summed E-state index contributed by atoms with van der Waals surface area (Å²) in [5.41, 5.74) is 2.57. The fraction of sp³-hybridized carbons (Fsp3) is 0.647. The molecule has 1 aliphatic rings. The number of piperidine rings is 1. The van der Waals surface area contributed by atoms with Crippen LogP contribution in [0.5, 0.6) is 0 Å². The summed E-state index contributed by atoms with van der Waals surface area (Å²) < 4.78 is 1.19. The number of halogens is 1. The second kappa shape index (κ2) is 7.46. The molecule has 0 aliphatic carbocycles. The first-order valence-electron chi connectivity index (χ1n) is 7.85. The van der Waals surface area contributed by atoms with Crippen molar-refractivity contribution in [3.8, 4) is 0 Å². The smallest absolute Gasteiger partial charge is 0.0383 e. The van der Waals surface area contributed by atoms with Gasteiger partial charge in [-0.25, -0.2) is 0 Å². The van der Waals surface area contributed by atoms with E-state index < -0.39 is 0 Å². The third-order valence-electron chi connectivity index (χ3n) is 4.44. The number of benzene rings is 1. The summed E-state index contributed by atoms with van der Waals surface area (Å²) in [5.74, 6) is 0.758. The van der Waals surface area contributed by atoms with E-state index in [-0.39, 0.29) is 0 Å². The molecule has 20 heavy (non-hydrogen) atoms. The van der Waals surface area contributed by atoms with Gasteiger partial charge < -0.3 is 10.2 Å². The molecular formula is C17H27BrN2. The molecule has 112 valence electrons. The highest BCUT2D eigenvalue weighted by molar-refractivity contribution is 9.10. The lowest BCUT2D eigenvalue weighted by Gasteiger charge is -2.36. The van der Waals surface area contributed by atoms with Crippen LogP contribution in [0.3, 0.4) is 0 Å². The Hall–Kier alpha value is -0.540. The topological polar surface area (TPSA) is 15.3 Å². The van der Waals surface area contributed by atoms with Crippen molar-refractivity contribution in [2.45, 2.75) is 46.1 Å². The van der Waals surface area contributed by atoms with Gasteiger partial charge in [0.15, 0.2) is 0 Å². The minimum Gasteiger partial charge on any atom is -0.382 e. The van der Waals surface area contributed by atoms with E-state index in [0.29, 0.717) is 6.04 Å². The maximum atomic E-state index is 3.73. The lowest BCUT2D eigenvalue weighted by molar-refractivity contribution is 0.165. The summed E-state index contributed by atoms with van der Waals surface area (Å²) in [4.78, 5) is 2.63. The summed E-state index contributed by atoms with van der Waals surface area (Å²) in [7, 11) is 0. The second-order valence-electron chi connectivity index (χ2n) is 6.05. The van der Waals surface area contributed by atoms with E-state index in [1.54, 1.807) is 0 Å². The van der Waals surface area contributed by atoms with Gasteiger partial charge in [-0.1, -0.05) is 28.9 Å². The summed E-state index contributed by atoms with van der Waals surface area (Å²) in [6.07, 6.45) is 3.95. The van der Waals surface area contributed by atoms with Crippen LogP contribution in [0.1, 0.15) is 38.7 Å². The van der Waals surface area contributed by atoms with Crippen molar-refractivity contribution < 1.29 is 0 Å². The van der Waals surface area contributed by atoms with Gasteiger partial charge in [-0.3, -0.25) is 0 Å². The van der Waals surface area contributed by atoms with Crippen molar-refractivity contribution in [2.24, 2.45) is 5.92 Å². The highest BCUT2D eigenvalue weighted by Crippen LogP contribution is 2.27. The highest BCUT2D eigenvalue weighted by Gasteiger charge is 2.24.